The molecule has 3 heterocycles. The molecule has 4 nitrogen and oxygen atoms in total. The summed E-state index contributed by atoms with van der Waals surface area (Å²) in [4.78, 5) is 15.4. The molecule has 0 aromatic heterocycles. The molecule has 1 N–H and O–H groups in total. The van der Waals surface area contributed by atoms with E-state index >= 15 is 0 Å². The van der Waals surface area contributed by atoms with Gasteiger partial charge >= 0.3 is 0 Å². The van der Waals surface area contributed by atoms with Crippen molar-refractivity contribution in [1.82, 2.24) is 10.2 Å². The first-order chi connectivity index (χ1) is 11.7. The molecule has 3 aliphatic heterocycles. The van der Waals surface area contributed by atoms with E-state index in [4.69, 9.17) is 4.74 Å². The van der Waals surface area contributed by atoms with Gasteiger partial charge in [0.25, 0.3) is 0 Å². The number of likely N-dealkylation sites (tertiary alicyclic amines) is 1. The number of amides is 1. The third kappa shape index (κ3) is 2.12. The first-order valence-corrected chi connectivity index (χ1v) is 9.44. The van der Waals surface area contributed by atoms with Crippen LogP contribution in [0.2, 0.25) is 0 Å². The summed E-state index contributed by atoms with van der Waals surface area (Å²) in [5, 5.41) is 3.54. The zero-order valence-corrected chi connectivity index (χ0v) is 14.2. The van der Waals surface area contributed by atoms with Gasteiger partial charge < -0.3 is 15.0 Å². The third-order valence-electron chi connectivity index (χ3n) is 6.91. The number of rotatable bonds is 1. The number of hydrogen-bond donors (Lipinski definition) is 1. The summed E-state index contributed by atoms with van der Waals surface area (Å²) in [6, 6.07) is 8.32. The lowest BCUT2D eigenvalue weighted by Crippen LogP contribution is -2.43. The smallest absolute Gasteiger partial charge is 0.226 e. The largest absolute Gasteiger partial charge is 0.493 e. The maximum absolute atomic E-state index is 13.2. The van der Waals surface area contributed by atoms with Crippen LogP contribution in [0.15, 0.2) is 24.3 Å². The predicted molar refractivity (Wildman–Crippen MR) is 92.1 cm³/mol. The van der Waals surface area contributed by atoms with E-state index in [0.29, 0.717) is 11.3 Å². The van der Waals surface area contributed by atoms with Crippen LogP contribution < -0.4 is 10.1 Å². The molecule has 1 amide bonds. The van der Waals surface area contributed by atoms with Crippen LogP contribution in [-0.4, -0.2) is 43.6 Å². The van der Waals surface area contributed by atoms with E-state index in [1.807, 2.05) is 6.07 Å². The topological polar surface area (TPSA) is 41.6 Å². The Balaban J connectivity index is 1.34. The summed E-state index contributed by atoms with van der Waals surface area (Å²) in [6.07, 6.45) is 5.69. The molecule has 0 radical (unpaired) electrons. The van der Waals surface area contributed by atoms with Crippen molar-refractivity contribution in [2.24, 2.45) is 11.3 Å². The number of fused-ring (bicyclic) bond motifs is 2. The second kappa shape index (κ2) is 5.22. The monoisotopic (exact) mass is 326 g/mol. The second-order valence-corrected chi connectivity index (χ2v) is 8.30. The van der Waals surface area contributed by atoms with Crippen molar-refractivity contribution in [3.05, 3.63) is 29.8 Å². The minimum Gasteiger partial charge on any atom is -0.493 e. The van der Waals surface area contributed by atoms with Gasteiger partial charge in [-0.25, -0.2) is 0 Å². The maximum atomic E-state index is 13.2. The standard InChI is InChI=1S/C20H26N2O2/c23-18(22-10-7-19(14-22)6-3-9-21-13-19)16-12-20(16)8-11-24-17-5-2-1-4-15(17)20/h1-2,4-5,16,21H,3,6-14H2/t16-,19?,20-/m0/s1. The number of ether oxygens (including phenoxy) is 1. The van der Waals surface area contributed by atoms with Crippen molar-refractivity contribution in [3.8, 4) is 5.75 Å². The van der Waals surface area contributed by atoms with Crippen LogP contribution in [0.25, 0.3) is 0 Å². The molecule has 1 saturated carbocycles. The van der Waals surface area contributed by atoms with Crippen molar-refractivity contribution in [1.29, 1.82) is 0 Å². The molecule has 5 rings (SSSR count). The molecule has 0 bridgehead atoms. The average Bonchev–Trinajstić information content (AvgIpc) is 3.19. The average molecular weight is 326 g/mol. The second-order valence-electron chi connectivity index (χ2n) is 8.30. The van der Waals surface area contributed by atoms with E-state index in [9.17, 15) is 4.79 Å². The van der Waals surface area contributed by atoms with Gasteiger partial charge in [0, 0.05) is 41.9 Å². The zero-order valence-electron chi connectivity index (χ0n) is 14.2. The van der Waals surface area contributed by atoms with Crippen molar-refractivity contribution in [2.45, 2.75) is 37.5 Å². The fourth-order valence-corrected chi connectivity index (χ4v) is 5.41. The van der Waals surface area contributed by atoms with Gasteiger partial charge in [-0.05, 0) is 44.7 Å². The molecule has 2 saturated heterocycles. The quantitative estimate of drug-likeness (QED) is 0.861. The van der Waals surface area contributed by atoms with Gasteiger partial charge in [0.05, 0.1) is 6.61 Å². The van der Waals surface area contributed by atoms with Gasteiger partial charge in [-0.1, -0.05) is 18.2 Å². The number of piperidine rings is 1. The Morgan fingerprint density at radius 2 is 2.17 bits per heavy atom. The zero-order chi connectivity index (χ0) is 16.2. The van der Waals surface area contributed by atoms with E-state index < -0.39 is 0 Å². The van der Waals surface area contributed by atoms with Gasteiger partial charge in [0.1, 0.15) is 5.75 Å². The Morgan fingerprint density at radius 1 is 1.25 bits per heavy atom. The minimum absolute atomic E-state index is 0.0620. The number of carbonyl (C=O) groups is 1. The molecule has 1 aromatic carbocycles. The fraction of sp³-hybridized carbons (Fsp3) is 0.650. The summed E-state index contributed by atoms with van der Waals surface area (Å²) in [6.45, 7) is 4.88. The first kappa shape index (κ1) is 14.8. The minimum atomic E-state index is 0.0620. The number of nitrogens with one attached hydrogen (secondary N) is 1. The Kier molecular flexibility index (Phi) is 3.21. The van der Waals surface area contributed by atoms with E-state index in [2.05, 4.69) is 28.4 Å². The highest BCUT2D eigenvalue weighted by Crippen LogP contribution is 2.61. The molecule has 3 fully saturated rings. The Bertz CT molecular complexity index is 667. The van der Waals surface area contributed by atoms with Crippen molar-refractivity contribution in [2.75, 3.05) is 32.8 Å². The first-order valence-electron chi connectivity index (χ1n) is 9.44. The number of benzene rings is 1. The Hall–Kier alpha value is -1.55. The molecule has 24 heavy (non-hydrogen) atoms. The normalized spacial score (nSPS) is 37.3. The van der Waals surface area contributed by atoms with Crippen LogP contribution >= 0.6 is 0 Å². The molecule has 2 spiro atoms. The Labute approximate surface area is 143 Å². The van der Waals surface area contributed by atoms with Crippen LogP contribution in [0.3, 0.4) is 0 Å². The molecular formula is C20H26N2O2. The van der Waals surface area contributed by atoms with Gasteiger partial charge in [-0.3, -0.25) is 4.79 Å². The van der Waals surface area contributed by atoms with E-state index in [1.165, 1.54) is 24.8 Å². The van der Waals surface area contributed by atoms with E-state index in [1.54, 1.807) is 0 Å². The Morgan fingerprint density at radius 3 is 3.04 bits per heavy atom. The number of nitrogens with zero attached hydrogens (tertiary/aromatic N) is 1. The highest BCUT2D eigenvalue weighted by Gasteiger charge is 2.62. The number of hydrogen-bond acceptors (Lipinski definition) is 3. The molecule has 1 aliphatic carbocycles. The number of para-hydroxylation sites is 1. The lowest BCUT2D eigenvalue weighted by molar-refractivity contribution is -0.132. The molecular weight excluding hydrogens is 300 g/mol. The summed E-state index contributed by atoms with van der Waals surface area (Å²) < 4.78 is 5.81. The molecule has 1 unspecified atom stereocenters. The van der Waals surface area contributed by atoms with E-state index in [0.717, 1.165) is 51.4 Å². The summed E-state index contributed by atoms with van der Waals surface area (Å²) in [5.74, 6) is 1.57. The molecule has 1 aromatic rings. The van der Waals surface area contributed by atoms with Gasteiger partial charge in [0.15, 0.2) is 0 Å². The lowest BCUT2D eigenvalue weighted by Gasteiger charge is -2.34. The lowest BCUT2D eigenvalue weighted by atomic mass is 9.80. The van der Waals surface area contributed by atoms with Crippen LogP contribution in [-0.2, 0) is 10.2 Å². The van der Waals surface area contributed by atoms with Crippen LogP contribution in [0, 0.1) is 11.3 Å². The van der Waals surface area contributed by atoms with E-state index in [-0.39, 0.29) is 11.3 Å². The summed E-state index contributed by atoms with van der Waals surface area (Å²) in [7, 11) is 0. The fourth-order valence-electron chi connectivity index (χ4n) is 5.41. The highest BCUT2D eigenvalue weighted by molar-refractivity contribution is 5.85. The van der Waals surface area contributed by atoms with Gasteiger partial charge in [-0.15, -0.1) is 0 Å². The SMILES string of the molecule is O=C([C@@H]1C[C@]12CCOc1ccccc12)N1CCC2(CCCNC2)C1. The van der Waals surface area contributed by atoms with Crippen LogP contribution in [0.5, 0.6) is 5.75 Å². The predicted octanol–water partition coefficient (Wildman–Crippen LogP) is 2.33. The van der Waals surface area contributed by atoms with Crippen molar-refractivity contribution < 1.29 is 9.53 Å². The number of carbonyl (C=O) groups excluding carboxylic acids is 1. The third-order valence-corrected chi connectivity index (χ3v) is 6.91. The maximum Gasteiger partial charge on any atom is 0.226 e. The molecule has 3 atom stereocenters. The van der Waals surface area contributed by atoms with Crippen LogP contribution in [0.4, 0.5) is 0 Å². The summed E-state index contributed by atoms with van der Waals surface area (Å²) >= 11 is 0. The molecule has 4 heteroatoms. The molecule has 128 valence electrons. The van der Waals surface area contributed by atoms with Crippen LogP contribution in [0.1, 0.15) is 37.7 Å². The van der Waals surface area contributed by atoms with Crippen molar-refractivity contribution >= 4 is 5.91 Å². The van der Waals surface area contributed by atoms with Crippen molar-refractivity contribution in [3.63, 3.8) is 0 Å². The molecule has 4 aliphatic rings. The van der Waals surface area contributed by atoms with Gasteiger partial charge in [-0.2, -0.15) is 0 Å². The van der Waals surface area contributed by atoms with Gasteiger partial charge in [0.2, 0.25) is 5.91 Å². The highest BCUT2D eigenvalue weighted by atomic mass is 16.5. The summed E-state index contributed by atoms with van der Waals surface area (Å²) in [5.41, 5.74) is 1.68.